The molecule has 5 nitrogen and oxygen atoms in total. The third-order valence-corrected chi connectivity index (χ3v) is 3.96. The summed E-state index contributed by atoms with van der Waals surface area (Å²) < 4.78 is 0.769. The Morgan fingerprint density at radius 1 is 1.20 bits per heavy atom. The van der Waals surface area contributed by atoms with Gasteiger partial charge in [-0.05, 0) is 29.8 Å². The Morgan fingerprint density at radius 3 is 2.53 bits per heavy atom. The molecule has 2 aromatic rings. The number of aromatic nitrogens is 4. The molecule has 1 unspecified atom stereocenters. The molecule has 0 amide bonds. The zero-order chi connectivity index (χ0) is 10.8. The van der Waals surface area contributed by atoms with Crippen LogP contribution in [0.2, 0.25) is 0 Å². The zero-order valence-electron chi connectivity index (χ0n) is 8.06. The Balaban J connectivity index is 2.06. The number of aryl methyl sites for hydroxylation is 1. The van der Waals surface area contributed by atoms with Crippen LogP contribution in [0.3, 0.4) is 0 Å². The molecule has 2 rings (SSSR count). The molecule has 0 saturated carbocycles. The summed E-state index contributed by atoms with van der Waals surface area (Å²) in [6.07, 6.45) is 0. The van der Waals surface area contributed by atoms with E-state index in [9.17, 15) is 0 Å². The second kappa shape index (κ2) is 4.50. The molecule has 2 heterocycles. The van der Waals surface area contributed by atoms with Crippen molar-refractivity contribution in [2.75, 3.05) is 5.32 Å². The first-order valence-corrected chi connectivity index (χ1v) is 6.63. The van der Waals surface area contributed by atoms with Crippen molar-refractivity contribution in [1.82, 2.24) is 20.4 Å². The maximum absolute atomic E-state index is 4.07. The fourth-order valence-corrected chi connectivity index (χ4v) is 2.80. The maximum atomic E-state index is 4.07. The molecule has 0 saturated heterocycles. The summed E-state index contributed by atoms with van der Waals surface area (Å²) in [6.45, 7) is 3.96. The molecular formula is C7H8BrN5S2. The first kappa shape index (κ1) is 10.9. The highest BCUT2D eigenvalue weighted by Crippen LogP contribution is 2.25. The predicted molar refractivity (Wildman–Crippen MR) is 64.3 cm³/mol. The van der Waals surface area contributed by atoms with Crippen LogP contribution in [-0.2, 0) is 0 Å². The van der Waals surface area contributed by atoms with Gasteiger partial charge in [0.25, 0.3) is 0 Å². The maximum Gasteiger partial charge on any atom is 0.207 e. The molecule has 80 valence electrons. The quantitative estimate of drug-likeness (QED) is 0.944. The van der Waals surface area contributed by atoms with Crippen molar-refractivity contribution >= 4 is 43.7 Å². The Morgan fingerprint density at radius 2 is 2.00 bits per heavy atom. The van der Waals surface area contributed by atoms with Gasteiger partial charge in [0, 0.05) is 0 Å². The molecule has 0 aliphatic rings. The molecule has 0 radical (unpaired) electrons. The monoisotopic (exact) mass is 305 g/mol. The minimum Gasteiger partial charge on any atom is -0.351 e. The van der Waals surface area contributed by atoms with Crippen molar-refractivity contribution in [2.24, 2.45) is 0 Å². The van der Waals surface area contributed by atoms with E-state index in [-0.39, 0.29) is 6.04 Å². The summed E-state index contributed by atoms with van der Waals surface area (Å²) in [6, 6.07) is 0.107. The minimum atomic E-state index is 0.107. The fourth-order valence-electron chi connectivity index (χ4n) is 0.997. The molecule has 15 heavy (non-hydrogen) atoms. The van der Waals surface area contributed by atoms with Crippen molar-refractivity contribution in [1.29, 1.82) is 0 Å². The van der Waals surface area contributed by atoms with Crippen LogP contribution in [0.15, 0.2) is 3.92 Å². The SMILES string of the molecule is Cc1nnc(C(C)Nc2nnc(Br)s2)s1. The van der Waals surface area contributed by atoms with E-state index in [0.717, 1.165) is 19.1 Å². The molecule has 0 aromatic carbocycles. The number of nitrogens with zero attached hydrogens (tertiary/aromatic N) is 4. The third-order valence-electron chi connectivity index (χ3n) is 1.65. The van der Waals surface area contributed by atoms with E-state index >= 15 is 0 Å². The molecule has 0 aliphatic carbocycles. The summed E-state index contributed by atoms with van der Waals surface area (Å²) in [4.78, 5) is 0. The van der Waals surface area contributed by atoms with E-state index in [2.05, 4.69) is 41.6 Å². The topological polar surface area (TPSA) is 63.6 Å². The van der Waals surface area contributed by atoms with Crippen LogP contribution in [0, 0.1) is 6.92 Å². The Bertz CT molecular complexity index is 454. The molecule has 0 aliphatic heterocycles. The van der Waals surface area contributed by atoms with Crippen LogP contribution >= 0.6 is 38.6 Å². The highest BCUT2D eigenvalue weighted by Gasteiger charge is 2.12. The molecule has 8 heteroatoms. The average Bonchev–Trinajstić information content (AvgIpc) is 2.75. The largest absolute Gasteiger partial charge is 0.351 e. The second-order valence-corrected chi connectivity index (χ2v) is 6.35. The second-order valence-electron chi connectivity index (χ2n) is 2.89. The number of rotatable bonds is 3. The van der Waals surface area contributed by atoms with Gasteiger partial charge in [-0.1, -0.05) is 22.7 Å². The van der Waals surface area contributed by atoms with Crippen LogP contribution < -0.4 is 5.32 Å². The molecule has 1 atom stereocenters. The smallest absolute Gasteiger partial charge is 0.207 e. The van der Waals surface area contributed by atoms with Gasteiger partial charge in [-0.3, -0.25) is 0 Å². The summed E-state index contributed by atoms with van der Waals surface area (Å²) >= 11 is 6.30. The molecule has 2 aromatic heterocycles. The third kappa shape index (κ3) is 2.70. The molecule has 0 bridgehead atoms. The first-order valence-electron chi connectivity index (χ1n) is 4.20. The van der Waals surface area contributed by atoms with Gasteiger partial charge in [0.15, 0.2) is 3.92 Å². The van der Waals surface area contributed by atoms with Crippen molar-refractivity contribution in [3.63, 3.8) is 0 Å². The Hall–Kier alpha value is -0.600. The van der Waals surface area contributed by atoms with Crippen molar-refractivity contribution < 1.29 is 0 Å². The van der Waals surface area contributed by atoms with Crippen LogP contribution in [0.4, 0.5) is 5.13 Å². The summed E-state index contributed by atoms with van der Waals surface area (Å²) in [5, 5.41) is 21.8. The van der Waals surface area contributed by atoms with E-state index in [1.807, 2.05) is 13.8 Å². The number of halogens is 1. The number of nitrogens with one attached hydrogen (secondary N) is 1. The summed E-state index contributed by atoms with van der Waals surface area (Å²) in [7, 11) is 0. The van der Waals surface area contributed by atoms with Crippen LogP contribution in [0.25, 0.3) is 0 Å². The van der Waals surface area contributed by atoms with Gasteiger partial charge in [-0.2, -0.15) is 0 Å². The van der Waals surface area contributed by atoms with Crippen LogP contribution in [0.5, 0.6) is 0 Å². The van der Waals surface area contributed by atoms with E-state index < -0.39 is 0 Å². The van der Waals surface area contributed by atoms with Gasteiger partial charge >= 0.3 is 0 Å². The molecule has 1 N–H and O–H groups in total. The van der Waals surface area contributed by atoms with Gasteiger partial charge < -0.3 is 5.32 Å². The van der Waals surface area contributed by atoms with Gasteiger partial charge in [0.2, 0.25) is 5.13 Å². The average molecular weight is 306 g/mol. The zero-order valence-corrected chi connectivity index (χ0v) is 11.3. The molecule has 0 spiro atoms. The lowest BCUT2D eigenvalue weighted by Crippen LogP contribution is -2.05. The lowest BCUT2D eigenvalue weighted by atomic mass is 10.4. The summed E-state index contributed by atoms with van der Waals surface area (Å²) in [5.41, 5.74) is 0. The minimum absolute atomic E-state index is 0.107. The molecule has 0 fully saturated rings. The van der Waals surface area contributed by atoms with Crippen LogP contribution in [0.1, 0.15) is 23.0 Å². The predicted octanol–water partition coefficient (Wildman–Crippen LogP) is 2.63. The van der Waals surface area contributed by atoms with E-state index in [1.165, 1.54) is 11.3 Å². The normalized spacial score (nSPS) is 12.7. The number of hydrogen-bond donors (Lipinski definition) is 1. The van der Waals surface area contributed by atoms with Gasteiger partial charge in [0.05, 0.1) is 6.04 Å². The van der Waals surface area contributed by atoms with E-state index in [1.54, 1.807) is 11.3 Å². The van der Waals surface area contributed by atoms with Crippen LogP contribution in [-0.4, -0.2) is 20.4 Å². The number of anilines is 1. The fraction of sp³-hybridized carbons (Fsp3) is 0.429. The van der Waals surface area contributed by atoms with Gasteiger partial charge in [-0.15, -0.1) is 20.4 Å². The Kier molecular flexibility index (Phi) is 3.27. The van der Waals surface area contributed by atoms with Crippen molar-refractivity contribution in [3.05, 3.63) is 13.9 Å². The first-order chi connectivity index (χ1) is 7.15. The van der Waals surface area contributed by atoms with E-state index in [4.69, 9.17) is 0 Å². The number of hydrogen-bond acceptors (Lipinski definition) is 7. The summed E-state index contributed by atoms with van der Waals surface area (Å²) in [5.74, 6) is 0. The van der Waals surface area contributed by atoms with Crippen molar-refractivity contribution in [2.45, 2.75) is 19.9 Å². The van der Waals surface area contributed by atoms with Crippen molar-refractivity contribution in [3.8, 4) is 0 Å². The highest BCUT2D eigenvalue weighted by molar-refractivity contribution is 9.11. The Labute approximate surface area is 103 Å². The van der Waals surface area contributed by atoms with E-state index in [0.29, 0.717) is 0 Å². The standard InChI is InChI=1S/C7H8BrN5S2/c1-3(5-11-10-4(2)14-5)9-7-13-12-6(8)15-7/h3H,1-2H3,(H,9,13). The lowest BCUT2D eigenvalue weighted by molar-refractivity contribution is 0.830. The van der Waals surface area contributed by atoms with Gasteiger partial charge in [0.1, 0.15) is 10.0 Å². The molecular weight excluding hydrogens is 298 g/mol. The van der Waals surface area contributed by atoms with Gasteiger partial charge in [-0.25, -0.2) is 0 Å². The highest BCUT2D eigenvalue weighted by atomic mass is 79.9. The lowest BCUT2D eigenvalue weighted by Gasteiger charge is -2.07.